The van der Waals surface area contributed by atoms with E-state index in [2.05, 4.69) is 38.5 Å². The zero-order chi connectivity index (χ0) is 25.1. The van der Waals surface area contributed by atoms with Gasteiger partial charge in [0.2, 0.25) is 17.7 Å². The molecule has 0 saturated heterocycles. The number of carboxylic acids is 2. The van der Waals surface area contributed by atoms with E-state index in [0.717, 1.165) is 0 Å². The van der Waals surface area contributed by atoms with E-state index in [9.17, 15) is 34.2 Å². The first kappa shape index (κ1) is 27.9. The van der Waals surface area contributed by atoms with E-state index < -0.39 is 66.4 Å². The lowest BCUT2D eigenvalue weighted by atomic mass is 10.1. The van der Waals surface area contributed by atoms with Gasteiger partial charge in [-0.25, -0.2) is 9.78 Å². The number of carboxylic acid groups (broad SMARTS) is 2. The normalized spacial score (nSPS) is 15.4. The number of aliphatic hydroxyl groups excluding tert-OH is 1. The molecule has 14 nitrogen and oxygen atoms in total. The maximum Gasteiger partial charge on any atom is 0.326 e. The van der Waals surface area contributed by atoms with Crippen LogP contribution in [0.4, 0.5) is 0 Å². The minimum atomic E-state index is -1.38. The highest BCUT2D eigenvalue weighted by molar-refractivity contribution is 7.80. The van der Waals surface area contributed by atoms with Crippen LogP contribution in [0.3, 0.4) is 0 Å². The summed E-state index contributed by atoms with van der Waals surface area (Å²) >= 11 is 4.00. The smallest absolute Gasteiger partial charge is 0.326 e. The minimum absolute atomic E-state index is 0.0944. The number of aliphatic hydroxyl groups is 1. The largest absolute Gasteiger partial charge is 0.481 e. The number of imidazole rings is 1. The molecule has 1 aromatic heterocycles. The summed E-state index contributed by atoms with van der Waals surface area (Å²) in [5, 5.41) is 34.6. The summed E-state index contributed by atoms with van der Waals surface area (Å²) in [5.41, 5.74) is 5.99. The standard InChI is InChI=1S/C18H28N6O8S/c1-8(25)14(19)17(30)22-10(2-3-13(26)27)15(28)24-12(6-33)16(29)23-11(18(31)32)4-9-5-20-7-21-9/h5,7-8,10-12,14,25,33H,2-4,6,19H2,1H3,(H,20,21)(H,22,30)(H,23,29)(H,24,28)(H,26,27)(H,31,32). The van der Waals surface area contributed by atoms with Crippen LogP contribution in [0.5, 0.6) is 0 Å². The van der Waals surface area contributed by atoms with Gasteiger partial charge in [-0.2, -0.15) is 12.6 Å². The van der Waals surface area contributed by atoms with Crippen LogP contribution >= 0.6 is 12.6 Å². The number of carbonyl (C=O) groups excluding carboxylic acids is 3. The van der Waals surface area contributed by atoms with Crippen molar-refractivity contribution in [2.75, 3.05) is 5.75 Å². The van der Waals surface area contributed by atoms with Gasteiger partial charge in [0.25, 0.3) is 0 Å². The molecule has 0 spiro atoms. The van der Waals surface area contributed by atoms with E-state index in [1.165, 1.54) is 19.4 Å². The molecular weight excluding hydrogens is 460 g/mol. The highest BCUT2D eigenvalue weighted by atomic mass is 32.1. The van der Waals surface area contributed by atoms with Crippen molar-refractivity contribution in [2.45, 2.75) is 56.5 Å². The van der Waals surface area contributed by atoms with Crippen LogP contribution in [0.15, 0.2) is 12.5 Å². The molecular formula is C18H28N6O8S. The Hall–Kier alpha value is -3.17. The Kier molecular flexibility index (Phi) is 11.3. The third-order valence-electron chi connectivity index (χ3n) is 4.51. The summed E-state index contributed by atoms with van der Waals surface area (Å²) in [6.07, 6.45) is 0.619. The lowest BCUT2D eigenvalue weighted by Gasteiger charge is -2.24. The zero-order valence-corrected chi connectivity index (χ0v) is 18.6. The molecule has 9 N–H and O–H groups in total. The molecule has 0 aromatic carbocycles. The fourth-order valence-electron chi connectivity index (χ4n) is 2.58. The molecule has 33 heavy (non-hydrogen) atoms. The molecule has 5 unspecified atom stereocenters. The highest BCUT2D eigenvalue weighted by Crippen LogP contribution is 2.04. The van der Waals surface area contributed by atoms with Gasteiger partial charge in [0.05, 0.1) is 12.4 Å². The minimum Gasteiger partial charge on any atom is -0.481 e. The molecule has 0 aliphatic heterocycles. The van der Waals surface area contributed by atoms with Crippen molar-refractivity contribution in [2.24, 2.45) is 5.73 Å². The number of carbonyl (C=O) groups is 5. The second kappa shape index (κ2) is 13.4. The third kappa shape index (κ3) is 9.46. The number of H-pyrrole nitrogens is 1. The second-order valence-corrected chi connectivity index (χ2v) is 7.55. The van der Waals surface area contributed by atoms with E-state index in [1.54, 1.807) is 0 Å². The number of rotatable bonds is 14. The van der Waals surface area contributed by atoms with Gasteiger partial charge in [-0.1, -0.05) is 0 Å². The van der Waals surface area contributed by atoms with Crippen molar-refractivity contribution < 1.29 is 39.3 Å². The first-order valence-corrected chi connectivity index (χ1v) is 10.5. The highest BCUT2D eigenvalue weighted by Gasteiger charge is 2.31. The van der Waals surface area contributed by atoms with Crippen LogP contribution in [0.25, 0.3) is 0 Å². The summed E-state index contributed by atoms with van der Waals surface area (Å²) in [4.78, 5) is 66.2. The van der Waals surface area contributed by atoms with Crippen LogP contribution in [0, 0.1) is 0 Å². The summed E-state index contributed by atoms with van der Waals surface area (Å²) in [6.45, 7) is 1.26. The summed E-state index contributed by atoms with van der Waals surface area (Å²) in [6, 6.07) is -5.37. The lowest BCUT2D eigenvalue weighted by Crippen LogP contribution is -2.58. The van der Waals surface area contributed by atoms with E-state index >= 15 is 0 Å². The van der Waals surface area contributed by atoms with Gasteiger partial charge >= 0.3 is 11.9 Å². The fourth-order valence-corrected chi connectivity index (χ4v) is 2.84. The Morgan fingerprint density at radius 1 is 1.06 bits per heavy atom. The quantitative estimate of drug-likeness (QED) is 0.120. The van der Waals surface area contributed by atoms with Crippen molar-refractivity contribution in [3.63, 3.8) is 0 Å². The number of nitrogens with two attached hydrogens (primary N) is 1. The number of aliphatic carboxylic acids is 2. The van der Waals surface area contributed by atoms with Crippen LogP contribution in [0.2, 0.25) is 0 Å². The van der Waals surface area contributed by atoms with Crippen molar-refractivity contribution in [3.05, 3.63) is 18.2 Å². The van der Waals surface area contributed by atoms with Crippen LogP contribution < -0.4 is 21.7 Å². The van der Waals surface area contributed by atoms with Crippen molar-refractivity contribution >= 4 is 42.3 Å². The van der Waals surface area contributed by atoms with E-state index in [-0.39, 0.29) is 18.6 Å². The first-order chi connectivity index (χ1) is 15.5. The van der Waals surface area contributed by atoms with Gasteiger partial charge in [-0.3, -0.25) is 19.2 Å². The number of aromatic nitrogens is 2. The summed E-state index contributed by atoms with van der Waals surface area (Å²) < 4.78 is 0. The van der Waals surface area contributed by atoms with Gasteiger partial charge in [0.1, 0.15) is 24.2 Å². The molecule has 3 amide bonds. The molecule has 1 aromatic rings. The summed E-state index contributed by atoms with van der Waals surface area (Å²) in [7, 11) is 0. The van der Waals surface area contributed by atoms with Gasteiger partial charge < -0.3 is 42.0 Å². The van der Waals surface area contributed by atoms with Gasteiger partial charge in [-0.15, -0.1) is 0 Å². The SMILES string of the molecule is CC(O)C(N)C(=O)NC(CCC(=O)O)C(=O)NC(CS)C(=O)NC(Cc1cnc[nH]1)C(=O)O. The van der Waals surface area contributed by atoms with E-state index in [0.29, 0.717) is 5.69 Å². The predicted molar refractivity (Wildman–Crippen MR) is 116 cm³/mol. The number of hydrogen-bond acceptors (Lipinski definition) is 9. The zero-order valence-electron chi connectivity index (χ0n) is 17.7. The second-order valence-electron chi connectivity index (χ2n) is 7.18. The third-order valence-corrected chi connectivity index (χ3v) is 4.88. The molecule has 15 heteroatoms. The number of amides is 3. The van der Waals surface area contributed by atoms with Gasteiger partial charge in [0, 0.05) is 30.5 Å². The topological polar surface area (TPSA) is 237 Å². The predicted octanol–water partition coefficient (Wildman–Crippen LogP) is -3.01. The van der Waals surface area contributed by atoms with Gasteiger partial charge in [0.15, 0.2) is 0 Å². The Balaban J connectivity index is 2.87. The number of aromatic amines is 1. The number of hydrogen-bond donors (Lipinski definition) is 9. The maximum atomic E-state index is 12.7. The number of nitrogens with one attached hydrogen (secondary N) is 4. The molecule has 1 heterocycles. The Labute approximate surface area is 194 Å². The van der Waals surface area contributed by atoms with Crippen molar-refractivity contribution in [3.8, 4) is 0 Å². The molecule has 5 atom stereocenters. The molecule has 184 valence electrons. The van der Waals surface area contributed by atoms with Crippen LogP contribution in [-0.4, -0.2) is 91.0 Å². The van der Waals surface area contributed by atoms with Gasteiger partial charge in [-0.05, 0) is 13.3 Å². The molecule has 0 bridgehead atoms. The molecule has 0 aliphatic carbocycles. The van der Waals surface area contributed by atoms with Crippen LogP contribution in [-0.2, 0) is 30.4 Å². The number of nitrogens with zero attached hydrogens (tertiary/aromatic N) is 1. The Morgan fingerprint density at radius 2 is 1.64 bits per heavy atom. The van der Waals surface area contributed by atoms with E-state index in [4.69, 9.17) is 10.8 Å². The van der Waals surface area contributed by atoms with Crippen LogP contribution in [0.1, 0.15) is 25.5 Å². The lowest BCUT2D eigenvalue weighted by molar-refractivity contribution is -0.142. The first-order valence-electron chi connectivity index (χ1n) is 9.83. The number of thiol groups is 1. The molecule has 0 fully saturated rings. The average molecular weight is 489 g/mol. The van der Waals surface area contributed by atoms with Crippen molar-refractivity contribution in [1.29, 1.82) is 0 Å². The van der Waals surface area contributed by atoms with E-state index in [1.807, 2.05) is 0 Å². The Morgan fingerprint density at radius 3 is 2.12 bits per heavy atom. The Bertz CT molecular complexity index is 834. The summed E-state index contributed by atoms with van der Waals surface area (Å²) in [5.74, 6) is -5.42. The molecule has 0 radical (unpaired) electrons. The monoisotopic (exact) mass is 488 g/mol. The molecule has 0 aliphatic rings. The molecule has 0 saturated carbocycles. The van der Waals surface area contributed by atoms with Crippen molar-refractivity contribution in [1.82, 2.24) is 25.9 Å². The average Bonchev–Trinajstić information content (AvgIpc) is 3.26. The maximum absolute atomic E-state index is 12.7. The fraction of sp³-hybridized carbons (Fsp3) is 0.556. The molecule has 1 rings (SSSR count).